The van der Waals surface area contributed by atoms with Gasteiger partial charge >= 0.3 is 0 Å². The molecule has 2 aliphatic heterocycles. The number of carbonyl (C=O) groups is 1. The Hall–Kier alpha value is -2.92. The molecule has 0 bridgehead atoms. The Bertz CT molecular complexity index is 994. The summed E-state index contributed by atoms with van der Waals surface area (Å²) in [5, 5.41) is 0.493. The van der Waals surface area contributed by atoms with E-state index in [9.17, 15) is 4.79 Å². The monoisotopic (exact) mass is 375 g/mol. The predicted molar refractivity (Wildman–Crippen MR) is 115 cm³/mol. The van der Waals surface area contributed by atoms with Crippen LogP contribution < -0.4 is 9.80 Å². The van der Waals surface area contributed by atoms with E-state index in [0.717, 1.165) is 29.2 Å². The van der Waals surface area contributed by atoms with E-state index < -0.39 is 0 Å². The van der Waals surface area contributed by atoms with Gasteiger partial charge in [-0.3, -0.25) is 14.6 Å². The molecule has 5 heteroatoms. The number of benzene rings is 2. The van der Waals surface area contributed by atoms with Crippen molar-refractivity contribution in [3.05, 3.63) is 77.1 Å². The van der Waals surface area contributed by atoms with E-state index in [0.29, 0.717) is 10.8 Å². The normalized spacial score (nSPS) is 19.1. The van der Waals surface area contributed by atoms with Gasteiger partial charge in [-0.2, -0.15) is 0 Å². The predicted octanol–water partition coefficient (Wildman–Crippen LogP) is 4.32. The van der Waals surface area contributed by atoms with Gasteiger partial charge in [0, 0.05) is 25.0 Å². The first-order chi connectivity index (χ1) is 13.0. The maximum atomic E-state index is 13.1. The minimum Gasteiger partial charge on any atom is -0.339 e. The van der Waals surface area contributed by atoms with Crippen LogP contribution in [0.2, 0.25) is 0 Å². The highest BCUT2D eigenvalue weighted by molar-refractivity contribution is 7.80. The summed E-state index contributed by atoms with van der Waals surface area (Å²) in [7, 11) is 1.73. The molecule has 0 atom stereocenters. The lowest BCUT2D eigenvalue weighted by molar-refractivity contribution is -0.121. The number of nitrogens with zero attached hydrogens (tertiary/aromatic N) is 3. The summed E-state index contributed by atoms with van der Waals surface area (Å²) in [6, 6.07) is 16.2. The number of rotatable bonds is 2. The standard InChI is InChI=1S/C22H21N3OS/c1-4-24-18-12-10-15(2)14-16(18)11-13-19(24)20-21(26)23(3)22(27)25(20)17-8-6-5-7-9-17/h5-14H,4H2,1-3H3/b20-19-. The summed E-state index contributed by atoms with van der Waals surface area (Å²) in [5.41, 5.74) is 5.84. The van der Waals surface area contributed by atoms with Gasteiger partial charge in [0.15, 0.2) is 5.11 Å². The van der Waals surface area contributed by atoms with Crippen LogP contribution in [0.1, 0.15) is 18.1 Å². The van der Waals surface area contributed by atoms with Gasteiger partial charge in [-0.05, 0) is 62.0 Å². The topological polar surface area (TPSA) is 26.8 Å². The molecule has 2 heterocycles. The van der Waals surface area contributed by atoms with Crippen LogP contribution in [0.25, 0.3) is 6.08 Å². The maximum absolute atomic E-state index is 13.1. The van der Waals surface area contributed by atoms with Crippen LogP contribution in [0.4, 0.5) is 11.4 Å². The minimum absolute atomic E-state index is 0.0856. The van der Waals surface area contributed by atoms with Crippen molar-refractivity contribution in [2.45, 2.75) is 13.8 Å². The Balaban J connectivity index is 1.93. The lowest BCUT2D eigenvalue weighted by atomic mass is 10.0. The van der Waals surface area contributed by atoms with Gasteiger partial charge in [-0.25, -0.2) is 0 Å². The fraction of sp³-hybridized carbons (Fsp3) is 0.182. The fourth-order valence-electron chi connectivity index (χ4n) is 3.62. The average molecular weight is 375 g/mol. The van der Waals surface area contributed by atoms with Crippen LogP contribution in [0, 0.1) is 6.92 Å². The Morgan fingerprint density at radius 3 is 2.48 bits per heavy atom. The van der Waals surface area contributed by atoms with Crippen LogP contribution >= 0.6 is 12.2 Å². The quantitative estimate of drug-likeness (QED) is 0.577. The molecule has 0 aliphatic carbocycles. The molecule has 0 radical (unpaired) electrons. The number of hydrogen-bond donors (Lipinski definition) is 0. The molecule has 4 nitrogen and oxygen atoms in total. The molecule has 1 saturated heterocycles. The Kier molecular flexibility index (Phi) is 4.32. The van der Waals surface area contributed by atoms with Crippen molar-refractivity contribution in [2.75, 3.05) is 23.4 Å². The molecule has 4 rings (SSSR count). The number of para-hydroxylation sites is 1. The average Bonchev–Trinajstić information content (AvgIpc) is 2.91. The number of amides is 1. The number of carbonyl (C=O) groups excluding carboxylic acids is 1. The SMILES string of the molecule is CCN1/C(=C2/C(=O)N(C)C(=S)N2c2ccccc2)C=Cc2cc(C)ccc21. The highest BCUT2D eigenvalue weighted by Crippen LogP contribution is 2.37. The molecule has 2 aliphatic rings. The molecule has 0 spiro atoms. The molecule has 1 fully saturated rings. The number of anilines is 2. The Morgan fingerprint density at radius 2 is 1.78 bits per heavy atom. The maximum Gasteiger partial charge on any atom is 0.279 e. The molecule has 0 aromatic heterocycles. The molecule has 0 unspecified atom stereocenters. The van der Waals surface area contributed by atoms with Crippen LogP contribution in [-0.4, -0.2) is 29.5 Å². The van der Waals surface area contributed by atoms with E-state index in [2.05, 4.69) is 43.0 Å². The zero-order valence-electron chi connectivity index (χ0n) is 15.6. The first-order valence-electron chi connectivity index (χ1n) is 9.00. The molecule has 2 aromatic rings. The molecule has 2 aromatic carbocycles. The fourth-order valence-corrected chi connectivity index (χ4v) is 3.90. The number of likely N-dealkylation sites (N-methyl/N-ethyl adjacent to an activating group) is 2. The largest absolute Gasteiger partial charge is 0.339 e. The highest BCUT2D eigenvalue weighted by Gasteiger charge is 2.40. The van der Waals surface area contributed by atoms with Gasteiger partial charge in [0.1, 0.15) is 5.70 Å². The third kappa shape index (κ3) is 2.75. The number of thiocarbonyl (C=S) groups is 1. The van der Waals surface area contributed by atoms with Gasteiger partial charge < -0.3 is 4.90 Å². The number of hydrogen-bond acceptors (Lipinski definition) is 3. The second-order valence-electron chi connectivity index (χ2n) is 6.69. The molecule has 0 N–H and O–H groups in total. The van der Waals surface area contributed by atoms with Crippen molar-refractivity contribution in [1.29, 1.82) is 0 Å². The van der Waals surface area contributed by atoms with E-state index in [1.807, 2.05) is 41.3 Å². The lowest BCUT2D eigenvalue weighted by Crippen LogP contribution is -2.31. The van der Waals surface area contributed by atoms with Gasteiger partial charge in [0.05, 0.1) is 5.70 Å². The molecular formula is C22H21N3OS. The number of aryl methyl sites for hydroxylation is 1. The first-order valence-corrected chi connectivity index (χ1v) is 9.41. The zero-order valence-corrected chi connectivity index (χ0v) is 16.5. The van der Waals surface area contributed by atoms with Gasteiger partial charge in [-0.1, -0.05) is 35.9 Å². The first kappa shape index (κ1) is 17.5. The third-order valence-corrected chi connectivity index (χ3v) is 5.42. The van der Waals surface area contributed by atoms with Crippen molar-refractivity contribution in [2.24, 2.45) is 0 Å². The van der Waals surface area contributed by atoms with Crippen molar-refractivity contribution >= 4 is 40.7 Å². The van der Waals surface area contributed by atoms with E-state index in [1.54, 1.807) is 7.05 Å². The summed E-state index contributed by atoms with van der Waals surface area (Å²) in [4.78, 5) is 18.7. The number of fused-ring (bicyclic) bond motifs is 1. The zero-order chi connectivity index (χ0) is 19.1. The van der Waals surface area contributed by atoms with Crippen LogP contribution in [0.3, 0.4) is 0 Å². The Morgan fingerprint density at radius 1 is 1.04 bits per heavy atom. The molecule has 1 amide bonds. The smallest absolute Gasteiger partial charge is 0.279 e. The van der Waals surface area contributed by atoms with E-state index >= 15 is 0 Å². The second-order valence-corrected chi connectivity index (χ2v) is 7.06. The van der Waals surface area contributed by atoms with E-state index in [1.165, 1.54) is 10.5 Å². The summed E-state index contributed by atoms with van der Waals surface area (Å²) >= 11 is 5.59. The summed E-state index contributed by atoms with van der Waals surface area (Å²) in [6.07, 6.45) is 4.10. The van der Waals surface area contributed by atoms with Crippen LogP contribution in [0.5, 0.6) is 0 Å². The van der Waals surface area contributed by atoms with Crippen molar-refractivity contribution < 1.29 is 4.79 Å². The summed E-state index contributed by atoms with van der Waals surface area (Å²) in [5.74, 6) is -0.0856. The van der Waals surface area contributed by atoms with Crippen molar-refractivity contribution in [3.63, 3.8) is 0 Å². The lowest BCUT2D eigenvalue weighted by Gasteiger charge is -2.32. The Labute approximate surface area is 165 Å². The summed E-state index contributed by atoms with van der Waals surface area (Å²) < 4.78 is 0. The van der Waals surface area contributed by atoms with E-state index in [4.69, 9.17) is 12.2 Å². The van der Waals surface area contributed by atoms with Crippen molar-refractivity contribution in [3.8, 4) is 0 Å². The minimum atomic E-state index is -0.0856. The van der Waals surface area contributed by atoms with Gasteiger partial charge in [-0.15, -0.1) is 0 Å². The third-order valence-electron chi connectivity index (χ3n) is 4.97. The highest BCUT2D eigenvalue weighted by atomic mass is 32.1. The van der Waals surface area contributed by atoms with Crippen LogP contribution in [-0.2, 0) is 4.79 Å². The molecule has 136 valence electrons. The summed E-state index contributed by atoms with van der Waals surface area (Å²) in [6.45, 7) is 4.94. The van der Waals surface area contributed by atoms with Gasteiger partial charge in [0.2, 0.25) is 0 Å². The van der Waals surface area contributed by atoms with Gasteiger partial charge in [0.25, 0.3) is 5.91 Å². The van der Waals surface area contributed by atoms with Crippen LogP contribution in [0.15, 0.2) is 66.0 Å². The molecule has 0 saturated carbocycles. The molecule has 27 heavy (non-hydrogen) atoms. The second kappa shape index (κ2) is 6.67. The van der Waals surface area contributed by atoms with E-state index in [-0.39, 0.29) is 5.91 Å². The molecular weight excluding hydrogens is 354 g/mol. The number of allylic oxidation sites excluding steroid dienone is 1. The van der Waals surface area contributed by atoms with Crippen molar-refractivity contribution in [1.82, 2.24) is 4.90 Å².